The Balaban J connectivity index is 0.00000166. The monoisotopic (exact) mass is 2020 g/mol. The quantitative estimate of drug-likeness (QED) is 0.00775. The molecule has 0 aliphatic carbocycles. The third-order valence-corrected chi connectivity index (χ3v) is 22.5. The minimum absolute atomic E-state index is 0.0182. The number of amides is 2. The van der Waals surface area contributed by atoms with Gasteiger partial charge in [-0.2, -0.15) is 8.42 Å². The number of ketones is 3. The Bertz CT molecular complexity index is 5340. The number of phenols is 2. The van der Waals surface area contributed by atoms with E-state index in [1.54, 1.807) is 76.3 Å². The van der Waals surface area contributed by atoms with Gasteiger partial charge in [-0.15, -0.1) is 26.3 Å². The molecule has 3 aliphatic rings. The molecule has 8 rings (SSSR count). The fourth-order valence-corrected chi connectivity index (χ4v) is 14.7. The molecule has 1 unspecified atom stereocenters. The maximum Gasteiger partial charge on any atom is 0.342 e. The zero-order valence-corrected chi connectivity index (χ0v) is 91.0. The second-order valence-corrected chi connectivity index (χ2v) is 38.3. The number of benzene rings is 5. The number of aliphatic carboxylic acids is 1. The number of carbonyl (C=O) groups is 11. The standard InChI is InChI=1S/C23H30O3.C22H31NO4.C21H26O3.C19H22O5.C16H22O2.C9H15NO.C2H4O2.CH4O3S.CH3PS/c1-7-9-10-11-13-20(24)15-21-19(6)16(3)14-17(4)22(21)23(25)26-18(5)12-8-2;1-15-11-16(2)21-19(12-15)13-18(14-20(24)23(4)26-5)10-8-6-7-9-17(3)27-22(21)25;1-14-12-15(2)20-19(17(14)4)13-18(22)11-9-7-5-6-8-10-16(3)24-21(20)23;1-12-8-6-4-3-5-7-9-14(20)10-15-13(2)16(21)11-17(22)18(15)19(23)24-12;1-7-8-12(4)18-16(17)15-11(3)9-10(2)13(5)14(15)6;1-4-5-6-7-8-9(11)10(2)3;1-2(3)4;1-5(2,3)4;1-2-3/h7-8,11,13-14,18H,1-2,9-10,12,15H2,3-6H3;6-7,11-12,17-18H,8-10,13-14H2,1-5H3;6,8-9,11-12,16H,5,7,10,13H2,1-4H3;4,6-7,9,11-12,21-22H,3,5,8,10H2,1-2H3;7,9,12H,1,8H2,2-6H3;4,6-7H,1,5,8H2,2-3H3;1H3,(H,3,4);1H3,(H,2,3,4);1H3/b13-11+;7-6+;8-6+,11-9+;6-4+,9-7+;;7-6+;;;/t18-;17-,18?;16-;2*12-;;;;/m11111..../s1. The molecule has 2 amide bonds. The van der Waals surface area contributed by atoms with E-state index in [4.69, 9.17) is 43.0 Å². The van der Waals surface area contributed by atoms with Crippen LogP contribution in [0.2, 0.25) is 0 Å². The van der Waals surface area contributed by atoms with Crippen molar-refractivity contribution in [3.63, 3.8) is 0 Å². The van der Waals surface area contributed by atoms with E-state index in [0.717, 1.165) is 156 Å². The molecule has 3 heterocycles. The topological polar surface area (TPSA) is 365 Å². The molecule has 6 atom stereocenters. The van der Waals surface area contributed by atoms with Gasteiger partial charge in [-0.1, -0.05) is 139 Å². The molecule has 25 nitrogen and oxygen atoms in total. The molecule has 28 heteroatoms. The van der Waals surface area contributed by atoms with Crippen LogP contribution in [0, 0.1) is 95.9 Å². The number of nitrogens with zero attached hydrogens (tertiary/aromatic N) is 2. The van der Waals surface area contributed by atoms with Gasteiger partial charge < -0.3 is 43.9 Å². The fourth-order valence-electron chi connectivity index (χ4n) is 14.7. The SMILES string of the molecule is C=CC/C=C/CC(=O)N(C)C.C=CCC/C=C/C(=O)Cc1c(C)c(C)cc(C)c1C(=O)O[C@H](C)CC=C.C=CC[C@@H](C)OC(=O)c1c(C)cc(C)c(C)c1C.CC(=O)O.CON(C)C(=O)CC1CC/C=C/C[C@@H](C)OC(=O)c2c(C)cc(C)cc2C1.CP=S.CS(=O)(=O)O.Cc1c(O)cc(O)c2c1CC(=O)/C=C/CC/C=C/C[C@@H](C)OC2=O.Cc1cc(C)c2c(c1C)CC(=O)/C=C/CC/C=C/C[C@@H](C)OC2=O. The van der Waals surface area contributed by atoms with E-state index in [1.165, 1.54) is 23.8 Å². The third kappa shape index (κ3) is 51.6. The number of rotatable bonds is 21. The van der Waals surface area contributed by atoms with Crippen LogP contribution in [0.25, 0.3) is 0 Å². The van der Waals surface area contributed by atoms with E-state index in [-0.39, 0.29) is 126 Å². The summed E-state index contributed by atoms with van der Waals surface area (Å²) in [7, 11) is 3.95. The Hall–Kier alpha value is -12.0. The number of carboxylic acids is 1. The van der Waals surface area contributed by atoms with Crippen molar-refractivity contribution in [3.05, 3.63) is 294 Å². The first-order valence-electron chi connectivity index (χ1n) is 47.6. The summed E-state index contributed by atoms with van der Waals surface area (Å²) in [4.78, 5) is 139. The van der Waals surface area contributed by atoms with Crippen LogP contribution in [0.4, 0.5) is 0 Å². The summed E-state index contributed by atoms with van der Waals surface area (Å²) in [5.41, 5.74) is 17.8. The first kappa shape index (κ1) is 130. The average Bonchev–Trinajstić information content (AvgIpc) is 0.791. The highest BCUT2D eigenvalue weighted by Gasteiger charge is 2.30. The van der Waals surface area contributed by atoms with Gasteiger partial charge in [-0.3, -0.25) is 38.2 Å². The van der Waals surface area contributed by atoms with E-state index in [2.05, 4.69) is 63.3 Å². The number of ether oxygens (including phenoxy) is 5. The van der Waals surface area contributed by atoms with E-state index in [0.29, 0.717) is 91.0 Å². The van der Waals surface area contributed by atoms with Gasteiger partial charge >= 0.3 is 29.8 Å². The number of esters is 5. The van der Waals surface area contributed by atoms with Gasteiger partial charge in [0.15, 0.2) is 17.3 Å². The van der Waals surface area contributed by atoms with Crippen molar-refractivity contribution in [1.82, 2.24) is 9.96 Å². The van der Waals surface area contributed by atoms with Crippen LogP contribution < -0.4 is 0 Å². The number of fused-ring (bicyclic) bond motifs is 3. The molecule has 0 fully saturated rings. The lowest BCUT2D eigenvalue weighted by Crippen LogP contribution is -2.28. The number of aromatic hydroxyl groups is 2. The van der Waals surface area contributed by atoms with E-state index < -0.39 is 22.1 Å². The van der Waals surface area contributed by atoms with Gasteiger partial charge in [0, 0.05) is 98.3 Å². The number of hydroxylamine groups is 2. The molecule has 0 saturated heterocycles. The van der Waals surface area contributed by atoms with Crippen LogP contribution in [-0.2, 0) is 105 Å². The van der Waals surface area contributed by atoms with Crippen molar-refractivity contribution >= 4 is 94.3 Å². The summed E-state index contributed by atoms with van der Waals surface area (Å²) < 4.78 is 53.5. The van der Waals surface area contributed by atoms with Crippen molar-refractivity contribution in [2.75, 3.05) is 41.2 Å². The lowest BCUT2D eigenvalue weighted by Gasteiger charge is -2.23. The van der Waals surface area contributed by atoms with Crippen LogP contribution in [0.15, 0.2) is 172 Å². The summed E-state index contributed by atoms with van der Waals surface area (Å²) in [6.45, 7) is 52.2. The molecule has 5 aromatic rings. The van der Waals surface area contributed by atoms with Crippen LogP contribution >= 0.6 is 7.36 Å². The Labute approximate surface area is 852 Å². The Morgan fingerprint density at radius 3 is 1.44 bits per heavy atom. The molecule has 3 aliphatic heterocycles. The highest BCUT2D eigenvalue weighted by molar-refractivity contribution is 7.96. The van der Waals surface area contributed by atoms with Crippen LogP contribution in [0.5, 0.6) is 11.5 Å². The van der Waals surface area contributed by atoms with Crippen molar-refractivity contribution in [3.8, 4) is 11.5 Å². The maximum absolute atomic E-state index is 12.8. The second-order valence-electron chi connectivity index (χ2n) is 35.4. The van der Waals surface area contributed by atoms with E-state index in [1.807, 2.05) is 189 Å². The zero-order chi connectivity index (χ0) is 108. The number of carbonyl (C=O) groups excluding carboxylic acids is 10. The molecule has 0 radical (unpaired) electrons. The predicted octanol–water partition coefficient (Wildman–Crippen LogP) is 23.7. The van der Waals surface area contributed by atoms with Gasteiger partial charge in [-0.05, 0) is 316 Å². The van der Waals surface area contributed by atoms with E-state index >= 15 is 0 Å². The van der Waals surface area contributed by atoms with Crippen molar-refractivity contribution in [2.45, 2.75) is 290 Å². The summed E-state index contributed by atoms with van der Waals surface area (Å²) in [5.74, 6) is -3.29. The van der Waals surface area contributed by atoms with Gasteiger partial charge in [-0.25, -0.2) is 29.0 Å². The summed E-state index contributed by atoms with van der Waals surface area (Å²) in [6.07, 6.45) is 45.6. The molecule has 0 saturated carbocycles. The van der Waals surface area contributed by atoms with Crippen molar-refractivity contribution in [1.29, 1.82) is 0 Å². The first-order valence-corrected chi connectivity index (χ1v) is 51.8. The molecule has 142 heavy (non-hydrogen) atoms. The zero-order valence-electron chi connectivity index (χ0n) is 88.5. The molecule has 0 spiro atoms. The minimum Gasteiger partial charge on any atom is -0.508 e. The Morgan fingerprint density at radius 2 is 0.965 bits per heavy atom. The predicted molar refractivity (Wildman–Crippen MR) is 573 cm³/mol. The number of unbranched alkanes of at least 4 members (excludes halogenated alkanes) is 1. The van der Waals surface area contributed by atoms with Crippen LogP contribution in [0.1, 0.15) is 291 Å². The Morgan fingerprint density at radius 1 is 0.535 bits per heavy atom. The largest absolute Gasteiger partial charge is 0.508 e. The summed E-state index contributed by atoms with van der Waals surface area (Å²) in [5, 5.41) is 28.7. The van der Waals surface area contributed by atoms with Gasteiger partial charge in [0.2, 0.25) is 11.8 Å². The highest BCUT2D eigenvalue weighted by atomic mass is 32.4. The van der Waals surface area contributed by atoms with Gasteiger partial charge in [0.25, 0.3) is 16.1 Å². The average molecular weight is 2020 g/mol. The molecule has 0 bridgehead atoms. The minimum atomic E-state index is -3.67. The van der Waals surface area contributed by atoms with Crippen LogP contribution in [-0.4, -0.2) is 175 Å². The number of phenolic OH excluding ortho intramolecular Hbond substituents is 2. The first-order chi connectivity index (χ1) is 66.6. The Kier molecular flexibility index (Phi) is 63.9. The molecule has 0 aromatic heterocycles. The van der Waals surface area contributed by atoms with E-state index in [9.17, 15) is 66.6 Å². The number of cyclic esters (lactones) is 3. The number of hydrogen-bond acceptors (Lipinski definition) is 22. The molecular weight excluding hydrogens is 1860 g/mol. The molecule has 778 valence electrons. The lowest BCUT2D eigenvalue weighted by atomic mass is 9.87. The molecular formula is C114H157N2O23PS2. The number of carboxylic acid groups (broad SMARTS) is 1. The summed E-state index contributed by atoms with van der Waals surface area (Å²) in [6, 6.07) is 11.2. The van der Waals surface area contributed by atoms with Crippen LogP contribution in [0.3, 0.4) is 0 Å². The lowest BCUT2D eigenvalue weighted by molar-refractivity contribution is -0.169. The third-order valence-electron chi connectivity index (χ3n) is 22.5. The molecule has 5 aromatic carbocycles. The molecule has 4 N–H and O–H groups in total. The normalized spacial score (nSPS) is 16.9. The smallest absolute Gasteiger partial charge is 0.342 e. The number of aryl methyl sites for hydroxylation is 8. The summed E-state index contributed by atoms with van der Waals surface area (Å²) >= 11 is 4.37. The van der Waals surface area contributed by atoms with Crippen molar-refractivity contribution < 1.29 is 110 Å². The number of allylic oxidation sites excluding steroid dienone is 12. The van der Waals surface area contributed by atoms with Gasteiger partial charge in [0.1, 0.15) is 47.6 Å². The van der Waals surface area contributed by atoms with Crippen molar-refractivity contribution in [2.24, 2.45) is 5.92 Å². The number of hydrogen-bond donors (Lipinski definition) is 4. The fraction of sp³-hybridized carbons (Fsp3) is 0.447. The second kappa shape index (κ2) is 69.8. The van der Waals surface area contributed by atoms with Gasteiger partial charge in [0.05, 0.1) is 35.6 Å². The highest BCUT2D eigenvalue weighted by Crippen LogP contribution is 2.35. The maximum atomic E-state index is 12.8.